The van der Waals surface area contributed by atoms with Gasteiger partial charge < -0.3 is 10.5 Å². The highest BCUT2D eigenvalue weighted by Gasteiger charge is 2.36. The molecule has 1 rings (SSSR count). The minimum absolute atomic E-state index is 0.274. The number of hydrogen-bond donors (Lipinski definition) is 1. The number of hydrogen-bond acceptors (Lipinski definition) is 2. The van der Waals surface area contributed by atoms with Gasteiger partial charge >= 0.3 is 0 Å². The van der Waals surface area contributed by atoms with Crippen molar-refractivity contribution in [3.8, 4) is 0 Å². The van der Waals surface area contributed by atoms with Crippen molar-refractivity contribution in [2.45, 2.75) is 19.9 Å². The van der Waals surface area contributed by atoms with Gasteiger partial charge in [0, 0.05) is 11.5 Å². The van der Waals surface area contributed by atoms with E-state index in [1.54, 1.807) is 0 Å². The Labute approximate surface area is 50.0 Å². The molecule has 2 nitrogen and oxygen atoms in total. The Balaban J connectivity index is 2.41. The van der Waals surface area contributed by atoms with Crippen LogP contribution in [-0.2, 0) is 4.74 Å². The maximum absolute atomic E-state index is 5.65. The molecule has 1 heterocycles. The number of rotatable bonds is 1. The molecule has 0 radical (unpaired) electrons. The maximum Gasteiger partial charge on any atom is 0.0556 e. The fourth-order valence-electron chi connectivity index (χ4n) is 0.687. The highest BCUT2D eigenvalue weighted by Crippen LogP contribution is 2.28. The zero-order valence-corrected chi connectivity index (χ0v) is 5.48. The van der Waals surface area contributed by atoms with E-state index >= 15 is 0 Å². The van der Waals surface area contributed by atoms with Gasteiger partial charge in [0.1, 0.15) is 0 Å². The summed E-state index contributed by atoms with van der Waals surface area (Å²) < 4.78 is 5.02. The Morgan fingerprint density at radius 3 is 2.12 bits per heavy atom. The summed E-state index contributed by atoms with van der Waals surface area (Å²) >= 11 is 0. The third kappa shape index (κ3) is 0.740. The zero-order chi connectivity index (χ0) is 6.20. The van der Waals surface area contributed by atoms with Crippen molar-refractivity contribution in [1.82, 2.24) is 0 Å². The molecule has 1 saturated heterocycles. The van der Waals surface area contributed by atoms with Crippen molar-refractivity contribution in [3.05, 3.63) is 0 Å². The van der Waals surface area contributed by atoms with E-state index in [0.717, 1.165) is 13.2 Å². The van der Waals surface area contributed by atoms with E-state index in [1.165, 1.54) is 0 Å². The Morgan fingerprint density at radius 1 is 1.62 bits per heavy atom. The van der Waals surface area contributed by atoms with Crippen molar-refractivity contribution >= 4 is 0 Å². The van der Waals surface area contributed by atoms with Crippen LogP contribution < -0.4 is 5.73 Å². The molecule has 8 heavy (non-hydrogen) atoms. The SMILES string of the molecule is C[C@H](N)C1(C)COC1. The summed E-state index contributed by atoms with van der Waals surface area (Å²) in [6.07, 6.45) is 0. The molecule has 2 heteroatoms. The molecule has 0 bridgehead atoms. The lowest BCUT2D eigenvalue weighted by Gasteiger charge is -2.41. The smallest absolute Gasteiger partial charge is 0.0556 e. The van der Waals surface area contributed by atoms with E-state index in [2.05, 4.69) is 6.92 Å². The van der Waals surface area contributed by atoms with Gasteiger partial charge in [-0.25, -0.2) is 0 Å². The number of nitrogens with two attached hydrogens (primary N) is 1. The summed E-state index contributed by atoms with van der Waals surface area (Å²) in [4.78, 5) is 0. The van der Waals surface area contributed by atoms with Crippen LogP contribution in [0.5, 0.6) is 0 Å². The molecule has 0 unspecified atom stereocenters. The van der Waals surface area contributed by atoms with Crippen LogP contribution in [0.25, 0.3) is 0 Å². The van der Waals surface area contributed by atoms with Crippen molar-refractivity contribution in [2.75, 3.05) is 13.2 Å². The lowest BCUT2D eigenvalue weighted by Crippen LogP contribution is -2.51. The van der Waals surface area contributed by atoms with Crippen LogP contribution in [0.3, 0.4) is 0 Å². The van der Waals surface area contributed by atoms with Crippen LogP contribution in [0.1, 0.15) is 13.8 Å². The second kappa shape index (κ2) is 1.71. The molecule has 1 atom stereocenters. The van der Waals surface area contributed by atoms with Gasteiger partial charge in [-0.1, -0.05) is 6.92 Å². The minimum atomic E-state index is 0.274. The van der Waals surface area contributed by atoms with Gasteiger partial charge in [-0.15, -0.1) is 0 Å². The van der Waals surface area contributed by atoms with Gasteiger partial charge in [0.25, 0.3) is 0 Å². The van der Waals surface area contributed by atoms with Crippen LogP contribution in [-0.4, -0.2) is 19.3 Å². The second-order valence-corrected chi connectivity index (χ2v) is 2.94. The van der Waals surface area contributed by atoms with Gasteiger partial charge in [0.2, 0.25) is 0 Å². The van der Waals surface area contributed by atoms with Gasteiger partial charge in [0.05, 0.1) is 13.2 Å². The van der Waals surface area contributed by atoms with Crippen LogP contribution in [0, 0.1) is 5.41 Å². The summed E-state index contributed by atoms with van der Waals surface area (Å²) in [5.41, 5.74) is 5.93. The predicted molar refractivity (Wildman–Crippen MR) is 32.6 cm³/mol. The first-order valence-corrected chi connectivity index (χ1v) is 2.98. The molecular formula is C6H13NO. The molecule has 0 aromatic heterocycles. The summed E-state index contributed by atoms with van der Waals surface area (Å²) in [7, 11) is 0. The normalized spacial score (nSPS) is 28.9. The summed E-state index contributed by atoms with van der Waals surface area (Å²) in [6, 6.07) is 0.274. The second-order valence-electron chi connectivity index (χ2n) is 2.94. The summed E-state index contributed by atoms with van der Waals surface area (Å²) in [6.45, 7) is 5.86. The quantitative estimate of drug-likeness (QED) is 0.536. The molecule has 1 fully saturated rings. The molecule has 0 aromatic carbocycles. The summed E-state index contributed by atoms with van der Waals surface area (Å²) in [5.74, 6) is 0. The highest BCUT2D eigenvalue weighted by atomic mass is 16.5. The van der Waals surface area contributed by atoms with Gasteiger partial charge in [0.15, 0.2) is 0 Å². The largest absolute Gasteiger partial charge is 0.380 e. The van der Waals surface area contributed by atoms with E-state index in [0.29, 0.717) is 0 Å². The van der Waals surface area contributed by atoms with Crippen LogP contribution in [0.4, 0.5) is 0 Å². The Morgan fingerprint density at radius 2 is 2.12 bits per heavy atom. The van der Waals surface area contributed by atoms with E-state index in [1.807, 2.05) is 6.92 Å². The van der Waals surface area contributed by atoms with E-state index in [-0.39, 0.29) is 11.5 Å². The van der Waals surface area contributed by atoms with Crippen molar-refractivity contribution in [1.29, 1.82) is 0 Å². The van der Waals surface area contributed by atoms with Crippen molar-refractivity contribution < 1.29 is 4.74 Å². The highest BCUT2D eigenvalue weighted by molar-refractivity contribution is 4.87. The molecule has 0 aromatic rings. The fourth-order valence-corrected chi connectivity index (χ4v) is 0.687. The molecule has 0 amide bonds. The monoisotopic (exact) mass is 115 g/mol. The van der Waals surface area contributed by atoms with E-state index < -0.39 is 0 Å². The fraction of sp³-hybridized carbons (Fsp3) is 1.00. The minimum Gasteiger partial charge on any atom is -0.380 e. The van der Waals surface area contributed by atoms with Crippen LogP contribution in [0.15, 0.2) is 0 Å². The molecule has 0 aliphatic carbocycles. The van der Waals surface area contributed by atoms with Gasteiger partial charge in [-0.05, 0) is 6.92 Å². The van der Waals surface area contributed by atoms with Gasteiger partial charge in [-0.2, -0.15) is 0 Å². The Kier molecular flexibility index (Phi) is 1.29. The molecule has 0 spiro atoms. The van der Waals surface area contributed by atoms with E-state index in [9.17, 15) is 0 Å². The average Bonchev–Trinajstić information content (AvgIpc) is 1.60. The molecule has 48 valence electrons. The lowest BCUT2D eigenvalue weighted by molar-refractivity contribution is -0.111. The molecular weight excluding hydrogens is 102 g/mol. The van der Waals surface area contributed by atoms with Crippen molar-refractivity contribution in [2.24, 2.45) is 11.1 Å². The Hall–Kier alpha value is -0.0800. The lowest BCUT2D eigenvalue weighted by atomic mass is 9.82. The molecule has 1 aliphatic heterocycles. The van der Waals surface area contributed by atoms with Crippen molar-refractivity contribution in [3.63, 3.8) is 0 Å². The third-order valence-electron chi connectivity index (χ3n) is 1.96. The molecule has 0 saturated carbocycles. The van der Waals surface area contributed by atoms with Crippen LogP contribution >= 0.6 is 0 Å². The standard InChI is InChI=1S/C6H13NO/c1-5(7)6(2)3-8-4-6/h5H,3-4,7H2,1-2H3/t5-/m0/s1. The third-order valence-corrected chi connectivity index (χ3v) is 1.96. The predicted octanol–water partition coefficient (Wildman–Crippen LogP) is 0.370. The average molecular weight is 115 g/mol. The molecule has 1 aliphatic rings. The zero-order valence-electron chi connectivity index (χ0n) is 5.48. The number of ether oxygens (including phenoxy) is 1. The first kappa shape index (κ1) is 6.05. The maximum atomic E-state index is 5.65. The van der Waals surface area contributed by atoms with Gasteiger partial charge in [-0.3, -0.25) is 0 Å². The first-order chi connectivity index (χ1) is 3.65. The molecule has 2 N–H and O–H groups in total. The summed E-state index contributed by atoms with van der Waals surface area (Å²) in [5, 5.41) is 0. The Bertz CT molecular complexity index is 86.5. The van der Waals surface area contributed by atoms with Crippen LogP contribution in [0.2, 0.25) is 0 Å². The topological polar surface area (TPSA) is 35.2 Å². The van der Waals surface area contributed by atoms with E-state index in [4.69, 9.17) is 10.5 Å². The first-order valence-electron chi connectivity index (χ1n) is 2.98.